The lowest BCUT2D eigenvalue weighted by atomic mass is 10.0. The van der Waals surface area contributed by atoms with Crippen LogP contribution in [0.5, 0.6) is 5.75 Å². The molecule has 5 aromatic rings. The molecule has 0 aliphatic carbocycles. The maximum Gasteiger partial charge on any atom is 0.387 e. The molecule has 0 atom stereocenters. The van der Waals surface area contributed by atoms with E-state index in [1.165, 1.54) is 12.1 Å². The number of alkyl halides is 2. The molecule has 5 nitrogen and oxygen atoms in total. The molecule has 0 bridgehead atoms. The fraction of sp³-hybridized carbons (Fsp3) is 0.0800. The van der Waals surface area contributed by atoms with Crippen molar-refractivity contribution in [3.05, 3.63) is 90.2 Å². The number of hydrogen-bond acceptors (Lipinski definition) is 3. The number of benzene rings is 3. The van der Waals surface area contributed by atoms with E-state index < -0.39 is 12.5 Å². The van der Waals surface area contributed by atoms with Gasteiger partial charge in [-0.05, 0) is 60.2 Å². The Hall–Kier alpha value is -4.13. The number of rotatable bonds is 6. The number of carbonyl (C=O) groups excluding carboxylic acids is 1. The smallest absolute Gasteiger partial charge is 0.387 e. The number of aromatic nitrogens is 1. The number of hydrogen-bond donors (Lipinski definition) is 1. The molecule has 32 heavy (non-hydrogen) atoms. The molecule has 5 rings (SSSR count). The van der Waals surface area contributed by atoms with E-state index in [4.69, 9.17) is 10.2 Å². The number of fused-ring (bicyclic) bond motifs is 3. The molecule has 0 fully saturated rings. The third-order valence-electron chi connectivity index (χ3n) is 5.35. The maximum atomic E-state index is 12.5. The summed E-state index contributed by atoms with van der Waals surface area (Å²) >= 11 is 0. The first-order chi connectivity index (χ1) is 15.5. The highest BCUT2D eigenvalue weighted by Gasteiger charge is 2.18. The second-order valence-corrected chi connectivity index (χ2v) is 7.30. The Morgan fingerprint density at radius 1 is 1.09 bits per heavy atom. The fourth-order valence-electron chi connectivity index (χ4n) is 3.98. The third-order valence-corrected chi connectivity index (χ3v) is 5.35. The lowest BCUT2D eigenvalue weighted by Crippen LogP contribution is -2.11. The molecule has 2 heterocycles. The molecule has 159 valence electrons. The van der Waals surface area contributed by atoms with E-state index in [1.54, 1.807) is 30.5 Å². The van der Waals surface area contributed by atoms with Gasteiger partial charge in [0.2, 0.25) is 5.91 Å². The molecule has 0 unspecified atom stereocenters. The van der Waals surface area contributed by atoms with Crippen LogP contribution in [0.1, 0.15) is 15.9 Å². The average molecular weight is 431 g/mol. The molecule has 1 amide bonds. The summed E-state index contributed by atoms with van der Waals surface area (Å²) in [5.41, 5.74) is 9.43. The molecule has 1 radical (unpaired) electrons. The van der Waals surface area contributed by atoms with Crippen LogP contribution in [0.25, 0.3) is 33.1 Å². The van der Waals surface area contributed by atoms with E-state index in [1.807, 2.05) is 34.9 Å². The molecule has 2 N–H and O–H groups in total. The Morgan fingerprint density at radius 3 is 2.59 bits per heavy atom. The van der Waals surface area contributed by atoms with Crippen molar-refractivity contribution in [2.75, 3.05) is 0 Å². The Kier molecular flexibility index (Phi) is 4.86. The van der Waals surface area contributed by atoms with Crippen LogP contribution in [0, 0.1) is 6.07 Å². The minimum absolute atomic E-state index is 0.0930. The van der Waals surface area contributed by atoms with Crippen LogP contribution in [0.3, 0.4) is 0 Å². The SMILES string of the molecule is NC(=O)c1cccc2c1c1[c]cc(-c3ccco3)cc1n2Cc1ccc(OC(F)F)cc1. The van der Waals surface area contributed by atoms with Crippen LogP contribution in [0.2, 0.25) is 0 Å². The number of nitrogens with two attached hydrogens (primary N) is 1. The normalized spacial score (nSPS) is 11.5. The summed E-state index contributed by atoms with van der Waals surface area (Å²) < 4.78 is 36.9. The highest BCUT2D eigenvalue weighted by molar-refractivity contribution is 6.18. The van der Waals surface area contributed by atoms with E-state index in [0.29, 0.717) is 17.9 Å². The Labute approximate surface area is 181 Å². The van der Waals surface area contributed by atoms with Gasteiger partial charge in [0, 0.05) is 28.4 Å². The molecule has 2 aromatic heterocycles. The van der Waals surface area contributed by atoms with Gasteiger partial charge in [-0.25, -0.2) is 0 Å². The van der Waals surface area contributed by atoms with Crippen LogP contribution in [0.15, 0.2) is 77.4 Å². The van der Waals surface area contributed by atoms with E-state index in [9.17, 15) is 13.6 Å². The number of carbonyl (C=O) groups is 1. The molecule has 3 aromatic carbocycles. The standard InChI is InChI=1S/C25H17F2N2O3/c26-25(27)32-17-9-6-15(7-10-17)14-29-20-4-1-3-19(24(28)30)23(20)18-11-8-16(13-21(18)29)22-5-2-12-31-22/h1-10,12-13,25H,14H2,(H2,28,30). The van der Waals surface area contributed by atoms with Crippen molar-refractivity contribution in [1.29, 1.82) is 0 Å². The Balaban J connectivity index is 1.69. The van der Waals surface area contributed by atoms with Gasteiger partial charge in [0.1, 0.15) is 11.5 Å². The van der Waals surface area contributed by atoms with Crippen molar-refractivity contribution in [2.24, 2.45) is 5.73 Å². The lowest BCUT2D eigenvalue weighted by Gasteiger charge is -2.10. The molecule has 0 saturated carbocycles. The number of halogens is 2. The van der Waals surface area contributed by atoms with Crippen molar-refractivity contribution in [3.8, 4) is 17.1 Å². The zero-order chi connectivity index (χ0) is 22.2. The van der Waals surface area contributed by atoms with Crippen LogP contribution in [-0.4, -0.2) is 17.1 Å². The van der Waals surface area contributed by atoms with Crippen molar-refractivity contribution >= 4 is 27.7 Å². The van der Waals surface area contributed by atoms with Crippen LogP contribution in [-0.2, 0) is 6.54 Å². The summed E-state index contributed by atoms with van der Waals surface area (Å²) in [6.45, 7) is -2.44. The zero-order valence-electron chi connectivity index (χ0n) is 16.7. The van der Waals surface area contributed by atoms with Gasteiger partial charge in [-0.3, -0.25) is 4.79 Å². The van der Waals surface area contributed by atoms with Crippen LogP contribution < -0.4 is 10.5 Å². The fourth-order valence-corrected chi connectivity index (χ4v) is 3.98. The number of nitrogens with zero attached hydrogens (tertiary/aromatic N) is 1. The third kappa shape index (κ3) is 3.47. The first-order valence-corrected chi connectivity index (χ1v) is 9.85. The van der Waals surface area contributed by atoms with Crippen LogP contribution >= 0.6 is 0 Å². The summed E-state index contributed by atoms with van der Waals surface area (Å²) in [7, 11) is 0. The second-order valence-electron chi connectivity index (χ2n) is 7.30. The van der Waals surface area contributed by atoms with Gasteiger partial charge in [-0.2, -0.15) is 8.78 Å². The average Bonchev–Trinajstić information content (AvgIpc) is 3.42. The van der Waals surface area contributed by atoms with Crippen molar-refractivity contribution < 1.29 is 22.7 Å². The monoisotopic (exact) mass is 431 g/mol. The maximum absolute atomic E-state index is 12.5. The molecule has 7 heteroatoms. The van der Waals surface area contributed by atoms with Crippen LogP contribution in [0.4, 0.5) is 8.78 Å². The Bertz CT molecular complexity index is 1420. The number of furan rings is 1. The Morgan fingerprint density at radius 2 is 1.91 bits per heavy atom. The quantitative estimate of drug-likeness (QED) is 0.380. The van der Waals surface area contributed by atoms with Gasteiger partial charge in [-0.1, -0.05) is 18.2 Å². The summed E-state index contributed by atoms with van der Waals surface area (Å²) in [5.74, 6) is 0.269. The van der Waals surface area contributed by atoms with Gasteiger partial charge in [0.25, 0.3) is 0 Å². The van der Waals surface area contributed by atoms with Gasteiger partial charge >= 0.3 is 6.61 Å². The summed E-state index contributed by atoms with van der Waals surface area (Å²) in [4.78, 5) is 12.1. The first-order valence-electron chi connectivity index (χ1n) is 9.85. The second kappa shape index (κ2) is 7.85. The minimum atomic E-state index is -2.87. The van der Waals surface area contributed by atoms with Gasteiger partial charge < -0.3 is 19.5 Å². The largest absolute Gasteiger partial charge is 0.464 e. The first kappa shape index (κ1) is 19.8. The summed E-state index contributed by atoms with van der Waals surface area (Å²) in [6.07, 6.45) is 1.60. The lowest BCUT2D eigenvalue weighted by molar-refractivity contribution is -0.0498. The molecule has 0 aliphatic rings. The number of ether oxygens (including phenoxy) is 1. The number of primary amides is 1. The summed E-state index contributed by atoms with van der Waals surface area (Å²) in [5, 5.41) is 1.49. The van der Waals surface area contributed by atoms with Gasteiger partial charge in [0.05, 0.1) is 17.3 Å². The van der Waals surface area contributed by atoms with Gasteiger partial charge in [-0.15, -0.1) is 0 Å². The number of amides is 1. The van der Waals surface area contributed by atoms with Crippen molar-refractivity contribution in [3.63, 3.8) is 0 Å². The van der Waals surface area contributed by atoms with E-state index in [2.05, 4.69) is 10.8 Å². The zero-order valence-corrected chi connectivity index (χ0v) is 16.7. The molecular weight excluding hydrogens is 414 g/mol. The van der Waals surface area contributed by atoms with Crippen molar-refractivity contribution in [1.82, 2.24) is 4.57 Å². The predicted octanol–water partition coefficient (Wildman–Crippen LogP) is 5.60. The molecular formula is C25H17F2N2O3. The summed E-state index contributed by atoms with van der Waals surface area (Å²) in [6, 6.07) is 22.6. The highest BCUT2D eigenvalue weighted by Crippen LogP contribution is 2.35. The van der Waals surface area contributed by atoms with E-state index in [-0.39, 0.29) is 5.75 Å². The topological polar surface area (TPSA) is 70.4 Å². The predicted molar refractivity (Wildman–Crippen MR) is 117 cm³/mol. The van der Waals surface area contributed by atoms with Gasteiger partial charge in [0.15, 0.2) is 0 Å². The molecule has 0 aliphatic heterocycles. The van der Waals surface area contributed by atoms with E-state index >= 15 is 0 Å². The van der Waals surface area contributed by atoms with Crippen molar-refractivity contribution in [2.45, 2.75) is 13.2 Å². The highest BCUT2D eigenvalue weighted by atomic mass is 19.3. The van der Waals surface area contributed by atoms with E-state index in [0.717, 1.165) is 32.9 Å². The minimum Gasteiger partial charge on any atom is -0.464 e. The molecule has 0 saturated heterocycles. The molecule has 0 spiro atoms.